The Labute approximate surface area is 150 Å². The van der Waals surface area contributed by atoms with E-state index in [1.54, 1.807) is 0 Å². The van der Waals surface area contributed by atoms with Gasteiger partial charge in [-0.1, -0.05) is 60.7 Å². The van der Waals surface area contributed by atoms with E-state index in [0.29, 0.717) is 25.6 Å². The second-order valence-corrected chi connectivity index (χ2v) is 7.08. The van der Waals surface area contributed by atoms with E-state index in [-0.39, 0.29) is 10.8 Å². The smallest absolute Gasteiger partial charge is 0.272 e. The third kappa shape index (κ3) is 5.14. The molecule has 0 aliphatic carbocycles. The van der Waals surface area contributed by atoms with Crippen molar-refractivity contribution in [3.63, 3.8) is 0 Å². The molecular weight excluding hydrogens is 342 g/mol. The molecule has 1 aliphatic rings. The van der Waals surface area contributed by atoms with Crippen LogP contribution in [-0.4, -0.2) is 23.7 Å². The minimum atomic E-state index is -1.63. The molecule has 0 radical (unpaired) electrons. The molecule has 0 amide bonds. The molecule has 0 unspecified atom stereocenters. The molecule has 5 heteroatoms. The number of hydrogen-bond acceptors (Lipinski definition) is 3. The van der Waals surface area contributed by atoms with Crippen LogP contribution < -0.4 is 0 Å². The van der Waals surface area contributed by atoms with Gasteiger partial charge in [0.25, 0.3) is 6.08 Å². The first-order chi connectivity index (χ1) is 12.2. The van der Waals surface area contributed by atoms with Gasteiger partial charge in [0.2, 0.25) is 0 Å². The van der Waals surface area contributed by atoms with E-state index in [2.05, 4.69) is 0 Å². The van der Waals surface area contributed by atoms with Gasteiger partial charge in [0, 0.05) is 11.3 Å². The summed E-state index contributed by atoms with van der Waals surface area (Å²) in [6.07, 6.45) is -2.23. The summed E-state index contributed by atoms with van der Waals surface area (Å²) < 4.78 is 38.0. The molecule has 1 heterocycles. The minimum absolute atomic E-state index is 0.0919. The lowest BCUT2D eigenvalue weighted by molar-refractivity contribution is 0.0342. The fourth-order valence-corrected chi connectivity index (χ4v) is 4.00. The van der Waals surface area contributed by atoms with Gasteiger partial charge in [-0.3, -0.25) is 0 Å². The average molecular weight is 362 g/mol. The number of halogens is 2. The molecule has 0 spiro atoms. The van der Waals surface area contributed by atoms with Crippen molar-refractivity contribution >= 4 is 11.8 Å². The van der Waals surface area contributed by atoms with Crippen LogP contribution in [0.3, 0.4) is 0 Å². The summed E-state index contributed by atoms with van der Waals surface area (Å²) in [5, 5.41) is -0.121. The van der Waals surface area contributed by atoms with Crippen LogP contribution in [0.15, 0.2) is 72.3 Å². The molecule has 0 N–H and O–H groups in total. The Kier molecular flexibility index (Phi) is 6.62. The molecule has 0 saturated carbocycles. The van der Waals surface area contributed by atoms with Gasteiger partial charge in [-0.2, -0.15) is 8.78 Å². The van der Waals surface area contributed by atoms with Crippen molar-refractivity contribution in [3.05, 3.63) is 83.4 Å². The Bertz CT molecular complexity index is 687. The molecule has 2 nitrogen and oxygen atoms in total. The average Bonchev–Trinajstić information content (AvgIpc) is 3.05. The van der Waals surface area contributed by atoms with Gasteiger partial charge in [0.05, 0.1) is 31.2 Å². The Balaban J connectivity index is 1.58. The number of ether oxygens (including phenoxy) is 2. The van der Waals surface area contributed by atoms with Gasteiger partial charge in [-0.05, 0) is 11.1 Å². The lowest BCUT2D eigenvalue weighted by Crippen LogP contribution is -2.27. The molecule has 1 saturated heterocycles. The number of benzene rings is 2. The summed E-state index contributed by atoms with van der Waals surface area (Å²) in [5.74, 6) is 0.293. The van der Waals surface area contributed by atoms with E-state index in [4.69, 9.17) is 9.47 Å². The number of hydrogen-bond donors (Lipinski definition) is 0. The Hall–Kier alpha value is -1.69. The second kappa shape index (κ2) is 9.13. The van der Waals surface area contributed by atoms with Gasteiger partial charge in [-0.15, -0.1) is 11.8 Å². The van der Waals surface area contributed by atoms with Crippen LogP contribution in [0.4, 0.5) is 8.78 Å². The Morgan fingerprint density at radius 1 is 0.920 bits per heavy atom. The zero-order chi connectivity index (χ0) is 17.5. The summed E-state index contributed by atoms with van der Waals surface area (Å²) in [7, 11) is 0. The maximum absolute atomic E-state index is 13.2. The molecule has 2 aromatic carbocycles. The van der Waals surface area contributed by atoms with Crippen LogP contribution in [-0.2, 0) is 22.7 Å². The molecule has 0 aromatic heterocycles. The highest BCUT2D eigenvalue weighted by atomic mass is 32.2. The van der Waals surface area contributed by atoms with Crippen molar-refractivity contribution in [3.8, 4) is 0 Å². The summed E-state index contributed by atoms with van der Waals surface area (Å²) in [4.78, 5) is 0. The Morgan fingerprint density at radius 2 is 1.52 bits per heavy atom. The lowest BCUT2D eigenvalue weighted by Gasteiger charge is -2.20. The normalized spacial score (nSPS) is 20.0. The fraction of sp³-hybridized carbons (Fsp3) is 0.300. The summed E-state index contributed by atoms with van der Waals surface area (Å²) in [6.45, 7) is 1.17. The van der Waals surface area contributed by atoms with Crippen molar-refractivity contribution in [2.24, 2.45) is 0 Å². The van der Waals surface area contributed by atoms with E-state index >= 15 is 0 Å². The van der Waals surface area contributed by atoms with Crippen molar-refractivity contribution in [1.29, 1.82) is 0 Å². The van der Waals surface area contributed by atoms with E-state index in [0.717, 1.165) is 11.1 Å². The monoisotopic (exact) mass is 362 g/mol. The van der Waals surface area contributed by atoms with Crippen LogP contribution in [0.5, 0.6) is 0 Å². The highest BCUT2D eigenvalue weighted by Gasteiger charge is 2.36. The summed E-state index contributed by atoms with van der Waals surface area (Å²) >= 11 is 1.47. The van der Waals surface area contributed by atoms with Gasteiger partial charge < -0.3 is 9.47 Å². The standard InChI is InChI=1S/C20H20F2O2S/c21-20(22)17-14-25-18(13-23-11-15-7-3-1-4-8-15)19(17)24-12-16-9-5-2-6-10-16/h1-10,18-19H,11-14H2/t18-,19+/m1/s1. The van der Waals surface area contributed by atoms with Crippen LogP contribution in [0, 0.1) is 0 Å². The van der Waals surface area contributed by atoms with Crippen LogP contribution in [0.1, 0.15) is 11.1 Å². The van der Waals surface area contributed by atoms with Gasteiger partial charge in [-0.25, -0.2) is 0 Å². The second-order valence-electron chi connectivity index (χ2n) is 5.85. The first kappa shape index (κ1) is 18.1. The van der Waals surface area contributed by atoms with Gasteiger partial charge in [0.15, 0.2) is 0 Å². The zero-order valence-corrected chi connectivity index (χ0v) is 14.6. The van der Waals surface area contributed by atoms with Gasteiger partial charge in [0.1, 0.15) is 0 Å². The lowest BCUT2D eigenvalue weighted by atomic mass is 10.1. The number of thioether (sulfide) groups is 1. The van der Waals surface area contributed by atoms with Crippen LogP contribution in [0.2, 0.25) is 0 Å². The van der Waals surface area contributed by atoms with Crippen molar-refractivity contribution in [1.82, 2.24) is 0 Å². The van der Waals surface area contributed by atoms with E-state index in [1.165, 1.54) is 11.8 Å². The molecular formula is C20H20F2O2S. The molecule has 1 fully saturated rings. The molecule has 2 aromatic rings. The van der Waals surface area contributed by atoms with E-state index in [9.17, 15) is 8.78 Å². The maximum atomic E-state index is 13.2. The quantitative estimate of drug-likeness (QED) is 0.686. The summed E-state index contributed by atoms with van der Waals surface area (Å²) in [5.41, 5.74) is 2.14. The summed E-state index contributed by atoms with van der Waals surface area (Å²) in [6, 6.07) is 19.4. The first-order valence-corrected chi connectivity index (χ1v) is 9.22. The SMILES string of the molecule is FC(F)=C1CS[C@H](COCc2ccccc2)[C@H]1OCc1ccccc1. The van der Waals surface area contributed by atoms with Crippen LogP contribution in [0.25, 0.3) is 0 Å². The maximum Gasteiger partial charge on any atom is 0.272 e. The van der Waals surface area contributed by atoms with Crippen LogP contribution >= 0.6 is 11.8 Å². The predicted octanol–water partition coefficient (Wildman–Crippen LogP) is 5.05. The molecule has 2 atom stereocenters. The topological polar surface area (TPSA) is 18.5 Å². The largest absolute Gasteiger partial charge is 0.376 e. The molecule has 3 rings (SSSR count). The minimum Gasteiger partial charge on any atom is -0.376 e. The van der Waals surface area contributed by atoms with Crippen molar-refractivity contribution in [2.75, 3.05) is 12.4 Å². The third-order valence-electron chi connectivity index (χ3n) is 4.04. The zero-order valence-electron chi connectivity index (χ0n) is 13.7. The fourth-order valence-electron chi connectivity index (χ4n) is 2.72. The van der Waals surface area contributed by atoms with Crippen molar-refractivity contribution < 1.29 is 18.3 Å². The Morgan fingerprint density at radius 3 is 2.12 bits per heavy atom. The number of rotatable bonds is 7. The molecule has 132 valence electrons. The predicted molar refractivity (Wildman–Crippen MR) is 96.6 cm³/mol. The molecule has 1 aliphatic heterocycles. The van der Waals surface area contributed by atoms with Crippen molar-refractivity contribution in [2.45, 2.75) is 24.6 Å². The highest BCUT2D eigenvalue weighted by molar-refractivity contribution is 8.00. The van der Waals surface area contributed by atoms with Gasteiger partial charge >= 0.3 is 0 Å². The molecule has 25 heavy (non-hydrogen) atoms. The first-order valence-electron chi connectivity index (χ1n) is 8.17. The van der Waals surface area contributed by atoms with E-state index in [1.807, 2.05) is 60.7 Å². The van der Waals surface area contributed by atoms with E-state index < -0.39 is 12.2 Å². The third-order valence-corrected chi connectivity index (χ3v) is 5.33. The molecule has 0 bridgehead atoms. The highest BCUT2D eigenvalue weighted by Crippen LogP contribution is 2.37.